The summed E-state index contributed by atoms with van der Waals surface area (Å²) in [6.07, 6.45) is 0. The molecule has 3 N–H and O–H groups in total. The Kier molecular flexibility index (Phi) is 4.04. The standard InChI is InChI=1S/C12H7Cl3F2N2/c13-6-3-10(18)11(4-7(6)14)19-12-8(15)1-5(16)2-9(12)17/h1-4,19H,18H2. The maximum atomic E-state index is 13.6. The van der Waals surface area contributed by atoms with Crippen LogP contribution in [0.4, 0.5) is 25.8 Å². The minimum atomic E-state index is -0.838. The summed E-state index contributed by atoms with van der Waals surface area (Å²) in [5.74, 6) is -1.61. The highest BCUT2D eigenvalue weighted by Gasteiger charge is 2.12. The first-order chi connectivity index (χ1) is 8.88. The molecule has 2 aromatic rings. The predicted molar refractivity (Wildman–Crippen MR) is 75.5 cm³/mol. The number of anilines is 3. The van der Waals surface area contributed by atoms with Crippen LogP contribution >= 0.6 is 34.8 Å². The van der Waals surface area contributed by atoms with E-state index in [1.165, 1.54) is 12.1 Å². The Hall–Kier alpha value is -1.23. The largest absolute Gasteiger partial charge is 0.397 e. The normalized spacial score (nSPS) is 10.6. The average Bonchev–Trinajstić information content (AvgIpc) is 2.29. The van der Waals surface area contributed by atoms with Crippen LogP contribution < -0.4 is 11.1 Å². The first-order valence-corrected chi connectivity index (χ1v) is 6.18. The molecule has 0 unspecified atom stereocenters. The Morgan fingerprint density at radius 1 is 0.895 bits per heavy atom. The number of halogens is 5. The molecular formula is C12H7Cl3F2N2. The molecule has 7 heteroatoms. The molecule has 0 aliphatic rings. The number of hydrogen-bond acceptors (Lipinski definition) is 2. The van der Waals surface area contributed by atoms with Gasteiger partial charge in [-0.2, -0.15) is 0 Å². The summed E-state index contributed by atoms with van der Waals surface area (Å²) in [6, 6.07) is 4.54. The molecule has 0 aliphatic heterocycles. The van der Waals surface area contributed by atoms with E-state index in [1.54, 1.807) is 0 Å². The van der Waals surface area contributed by atoms with Gasteiger partial charge in [0.2, 0.25) is 0 Å². The van der Waals surface area contributed by atoms with E-state index in [2.05, 4.69) is 5.32 Å². The molecule has 100 valence electrons. The van der Waals surface area contributed by atoms with Gasteiger partial charge in [0.1, 0.15) is 5.82 Å². The second-order valence-electron chi connectivity index (χ2n) is 3.72. The fourth-order valence-electron chi connectivity index (χ4n) is 1.47. The van der Waals surface area contributed by atoms with Crippen molar-refractivity contribution < 1.29 is 8.78 Å². The van der Waals surface area contributed by atoms with Gasteiger partial charge < -0.3 is 11.1 Å². The van der Waals surface area contributed by atoms with Gasteiger partial charge in [0.15, 0.2) is 5.82 Å². The second-order valence-corrected chi connectivity index (χ2v) is 4.94. The van der Waals surface area contributed by atoms with Gasteiger partial charge in [-0.25, -0.2) is 8.78 Å². The molecule has 0 heterocycles. The summed E-state index contributed by atoms with van der Waals surface area (Å²) in [5.41, 5.74) is 6.21. The summed E-state index contributed by atoms with van der Waals surface area (Å²) in [6.45, 7) is 0. The van der Waals surface area contributed by atoms with Crippen LogP contribution in [0.3, 0.4) is 0 Å². The molecule has 2 rings (SSSR count). The molecule has 2 nitrogen and oxygen atoms in total. The third-order valence-electron chi connectivity index (χ3n) is 2.36. The van der Waals surface area contributed by atoms with Crippen LogP contribution in [0.15, 0.2) is 24.3 Å². The monoisotopic (exact) mass is 322 g/mol. The molecule has 0 aliphatic carbocycles. The van der Waals surface area contributed by atoms with Crippen molar-refractivity contribution in [1.82, 2.24) is 0 Å². The number of hydrogen-bond donors (Lipinski definition) is 2. The van der Waals surface area contributed by atoms with Crippen molar-refractivity contribution in [3.63, 3.8) is 0 Å². The minimum Gasteiger partial charge on any atom is -0.397 e. The van der Waals surface area contributed by atoms with Crippen LogP contribution in [0, 0.1) is 11.6 Å². The molecule has 0 saturated carbocycles. The van der Waals surface area contributed by atoms with Crippen LogP contribution in [0.25, 0.3) is 0 Å². The Bertz CT molecular complexity index is 624. The SMILES string of the molecule is Nc1cc(Cl)c(Cl)cc1Nc1c(F)cc(F)cc1Cl. The van der Waals surface area contributed by atoms with Crippen molar-refractivity contribution in [2.75, 3.05) is 11.1 Å². The van der Waals surface area contributed by atoms with E-state index >= 15 is 0 Å². The van der Waals surface area contributed by atoms with Crippen LogP contribution in [0.5, 0.6) is 0 Å². The number of nitrogens with one attached hydrogen (secondary N) is 1. The molecule has 0 radical (unpaired) electrons. The number of nitrogens with two attached hydrogens (primary N) is 1. The van der Waals surface area contributed by atoms with E-state index in [-0.39, 0.29) is 26.4 Å². The van der Waals surface area contributed by atoms with Gasteiger partial charge in [-0.05, 0) is 18.2 Å². The quantitative estimate of drug-likeness (QED) is 0.741. The van der Waals surface area contributed by atoms with E-state index < -0.39 is 11.6 Å². The zero-order valence-corrected chi connectivity index (χ0v) is 11.5. The zero-order chi connectivity index (χ0) is 14.2. The lowest BCUT2D eigenvalue weighted by Gasteiger charge is -2.13. The van der Waals surface area contributed by atoms with Gasteiger partial charge >= 0.3 is 0 Å². The summed E-state index contributed by atoms with van der Waals surface area (Å²) in [4.78, 5) is 0. The lowest BCUT2D eigenvalue weighted by atomic mass is 10.2. The van der Waals surface area contributed by atoms with Crippen molar-refractivity contribution in [3.8, 4) is 0 Å². The third-order valence-corrected chi connectivity index (χ3v) is 3.38. The third kappa shape index (κ3) is 3.03. The lowest BCUT2D eigenvalue weighted by Crippen LogP contribution is -2.00. The summed E-state index contributed by atoms with van der Waals surface area (Å²) in [5, 5.41) is 3.07. The molecule has 0 bridgehead atoms. The Morgan fingerprint density at radius 3 is 2.16 bits per heavy atom. The topological polar surface area (TPSA) is 38.0 Å². The van der Waals surface area contributed by atoms with E-state index in [0.29, 0.717) is 11.8 Å². The maximum Gasteiger partial charge on any atom is 0.151 e. The molecule has 2 aromatic carbocycles. The number of nitrogen functional groups attached to an aromatic ring is 1. The Balaban J connectivity index is 2.45. The minimum absolute atomic E-state index is 0.0897. The molecule has 0 atom stereocenters. The van der Waals surface area contributed by atoms with Gasteiger partial charge in [0.05, 0.1) is 32.1 Å². The van der Waals surface area contributed by atoms with E-state index in [4.69, 9.17) is 40.5 Å². The van der Waals surface area contributed by atoms with Crippen molar-refractivity contribution in [2.45, 2.75) is 0 Å². The molecule has 19 heavy (non-hydrogen) atoms. The predicted octanol–water partition coefficient (Wildman–Crippen LogP) is 5.25. The summed E-state index contributed by atoms with van der Waals surface area (Å²) < 4.78 is 26.5. The molecule has 0 saturated heterocycles. The molecule has 0 spiro atoms. The van der Waals surface area contributed by atoms with Crippen molar-refractivity contribution in [3.05, 3.63) is 51.0 Å². The lowest BCUT2D eigenvalue weighted by molar-refractivity contribution is 0.586. The highest BCUT2D eigenvalue weighted by Crippen LogP contribution is 2.35. The van der Waals surface area contributed by atoms with Gasteiger partial charge in [-0.3, -0.25) is 0 Å². The molecule has 0 fully saturated rings. The van der Waals surface area contributed by atoms with Gasteiger partial charge in [-0.1, -0.05) is 34.8 Å². The van der Waals surface area contributed by atoms with Crippen molar-refractivity contribution >= 4 is 51.9 Å². The summed E-state index contributed by atoms with van der Waals surface area (Å²) in [7, 11) is 0. The number of benzene rings is 2. The first kappa shape index (κ1) is 14.2. The van der Waals surface area contributed by atoms with Crippen molar-refractivity contribution in [1.29, 1.82) is 0 Å². The van der Waals surface area contributed by atoms with Gasteiger partial charge in [0, 0.05) is 6.07 Å². The van der Waals surface area contributed by atoms with Crippen molar-refractivity contribution in [2.24, 2.45) is 0 Å². The molecule has 0 amide bonds. The summed E-state index contributed by atoms with van der Waals surface area (Å²) >= 11 is 17.4. The first-order valence-electron chi connectivity index (χ1n) is 5.04. The van der Waals surface area contributed by atoms with E-state index in [1.807, 2.05) is 0 Å². The fourth-order valence-corrected chi connectivity index (χ4v) is 2.04. The Labute approximate surface area is 123 Å². The average molecular weight is 324 g/mol. The molecule has 0 aromatic heterocycles. The van der Waals surface area contributed by atoms with Crippen LogP contribution in [0.2, 0.25) is 15.1 Å². The fraction of sp³-hybridized carbons (Fsp3) is 0. The molecular weight excluding hydrogens is 317 g/mol. The van der Waals surface area contributed by atoms with Crippen LogP contribution in [-0.4, -0.2) is 0 Å². The highest BCUT2D eigenvalue weighted by atomic mass is 35.5. The second kappa shape index (κ2) is 5.41. The van der Waals surface area contributed by atoms with Crippen LogP contribution in [0.1, 0.15) is 0 Å². The maximum absolute atomic E-state index is 13.6. The Morgan fingerprint density at radius 2 is 1.53 bits per heavy atom. The van der Waals surface area contributed by atoms with Gasteiger partial charge in [-0.15, -0.1) is 0 Å². The highest BCUT2D eigenvalue weighted by molar-refractivity contribution is 6.42. The number of rotatable bonds is 2. The van der Waals surface area contributed by atoms with E-state index in [9.17, 15) is 8.78 Å². The van der Waals surface area contributed by atoms with Crippen LogP contribution in [-0.2, 0) is 0 Å². The van der Waals surface area contributed by atoms with E-state index in [0.717, 1.165) is 6.07 Å². The smallest absolute Gasteiger partial charge is 0.151 e. The zero-order valence-electron chi connectivity index (χ0n) is 9.28. The van der Waals surface area contributed by atoms with Gasteiger partial charge in [0.25, 0.3) is 0 Å².